The fraction of sp³-hybridized carbons (Fsp3) is 0.292. The van der Waals surface area contributed by atoms with Gasteiger partial charge in [-0.3, -0.25) is 9.59 Å². The first-order valence-corrected chi connectivity index (χ1v) is 11.3. The number of carbonyl (C=O) groups excluding carboxylic acids is 1. The van der Waals surface area contributed by atoms with Gasteiger partial charge in [0.25, 0.3) is 11.5 Å². The molecule has 1 aromatic heterocycles. The molecule has 0 saturated carbocycles. The molecule has 1 saturated heterocycles. The predicted molar refractivity (Wildman–Crippen MR) is 127 cm³/mol. The van der Waals surface area contributed by atoms with Crippen LogP contribution in [0, 0.1) is 0 Å². The van der Waals surface area contributed by atoms with Crippen molar-refractivity contribution in [3.8, 4) is 22.9 Å². The monoisotopic (exact) mass is 482 g/mol. The van der Waals surface area contributed by atoms with E-state index in [1.54, 1.807) is 35.4 Å². The van der Waals surface area contributed by atoms with E-state index in [9.17, 15) is 9.59 Å². The van der Waals surface area contributed by atoms with Crippen LogP contribution in [-0.4, -0.2) is 67.1 Å². The van der Waals surface area contributed by atoms with Crippen molar-refractivity contribution in [2.24, 2.45) is 0 Å². The maximum Gasteiger partial charge on any atom is 0.292 e. The zero-order valence-corrected chi connectivity index (χ0v) is 19.3. The minimum absolute atomic E-state index is 0.107. The van der Waals surface area contributed by atoms with E-state index in [0.29, 0.717) is 73.6 Å². The van der Waals surface area contributed by atoms with Gasteiger partial charge in [0.15, 0.2) is 11.5 Å². The number of rotatable bonds is 4. The molecule has 9 nitrogen and oxygen atoms in total. The van der Waals surface area contributed by atoms with Gasteiger partial charge in [-0.05, 0) is 24.3 Å². The summed E-state index contributed by atoms with van der Waals surface area (Å²) >= 11 is 6.44. The van der Waals surface area contributed by atoms with Crippen LogP contribution in [0.4, 0.5) is 5.69 Å². The molecule has 0 bridgehead atoms. The Morgan fingerprint density at radius 3 is 2.53 bits per heavy atom. The van der Waals surface area contributed by atoms with E-state index < -0.39 is 0 Å². The minimum Gasteiger partial charge on any atom is -0.493 e. The number of nitrogens with zero attached hydrogens (tertiary/aromatic N) is 4. The number of anilines is 1. The van der Waals surface area contributed by atoms with Gasteiger partial charge in [0.1, 0.15) is 18.2 Å². The Hall–Kier alpha value is -3.72. The molecular weight excluding hydrogens is 460 g/mol. The third-order valence-corrected chi connectivity index (χ3v) is 6.24. The number of piperazine rings is 1. The number of benzene rings is 2. The molecule has 0 aliphatic carbocycles. The molecule has 10 heteroatoms. The van der Waals surface area contributed by atoms with Crippen molar-refractivity contribution in [3.05, 3.63) is 69.6 Å². The summed E-state index contributed by atoms with van der Waals surface area (Å²) < 4.78 is 17.9. The second-order valence-corrected chi connectivity index (χ2v) is 8.26. The number of halogens is 1. The number of carbonyl (C=O) groups is 1. The van der Waals surface area contributed by atoms with Crippen LogP contribution < -0.4 is 24.7 Å². The largest absolute Gasteiger partial charge is 0.493 e. The summed E-state index contributed by atoms with van der Waals surface area (Å²) in [5.41, 5.74) is 1.30. The summed E-state index contributed by atoms with van der Waals surface area (Å²) in [6, 6.07) is 12.5. The van der Waals surface area contributed by atoms with Crippen molar-refractivity contribution in [2.75, 3.05) is 51.4 Å². The van der Waals surface area contributed by atoms with E-state index in [1.165, 1.54) is 11.8 Å². The van der Waals surface area contributed by atoms with Gasteiger partial charge in [-0.15, -0.1) is 0 Å². The molecule has 0 unspecified atom stereocenters. The van der Waals surface area contributed by atoms with Crippen molar-refractivity contribution in [2.45, 2.75) is 0 Å². The number of para-hydroxylation sites is 1. The maximum absolute atomic E-state index is 13.2. The lowest BCUT2D eigenvalue weighted by molar-refractivity contribution is 0.0745. The highest BCUT2D eigenvalue weighted by Crippen LogP contribution is 2.40. The van der Waals surface area contributed by atoms with Crippen LogP contribution in [0.2, 0.25) is 5.02 Å². The van der Waals surface area contributed by atoms with Gasteiger partial charge in [0.05, 0.1) is 24.7 Å². The Kier molecular flexibility index (Phi) is 6.02. The third-order valence-electron chi connectivity index (χ3n) is 5.88. The summed E-state index contributed by atoms with van der Waals surface area (Å²) in [6.45, 7) is 2.82. The van der Waals surface area contributed by atoms with Gasteiger partial charge in [-0.25, -0.2) is 0 Å². The highest BCUT2D eigenvalue weighted by molar-refractivity contribution is 6.33. The summed E-state index contributed by atoms with van der Waals surface area (Å²) in [5.74, 6) is 1.36. The number of amides is 1. The van der Waals surface area contributed by atoms with Gasteiger partial charge >= 0.3 is 0 Å². The van der Waals surface area contributed by atoms with E-state index in [1.807, 2.05) is 23.1 Å². The van der Waals surface area contributed by atoms with Crippen LogP contribution in [-0.2, 0) is 0 Å². The maximum atomic E-state index is 13.2. The second kappa shape index (κ2) is 9.26. The normalized spacial score (nSPS) is 15.2. The van der Waals surface area contributed by atoms with Gasteiger partial charge < -0.3 is 24.0 Å². The van der Waals surface area contributed by atoms with Crippen LogP contribution in [0.5, 0.6) is 17.2 Å². The molecule has 3 heterocycles. The first-order chi connectivity index (χ1) is 16.6. The molecule has 0 N–H and O–H groups in total. The predicted octanol–water partition coefficient (Wildman–Crippen LogP) is 2.63. The van der Waals surface area contributed by atoms with Crippen molar-refractivity contribution in [1.29, 1.82) is 0 Å². The molecule has 0 radical (unpaired) electrons. The number of hydrogen-bond donors (Lipinski definition) is 0. The average Bonchev–Trinajstić information content (AvgIpc) is 2.89. The van der Waals surface area contributed by atoms with Crippen LogP contribution in [0.25, 0.3) is 5.69 Å². The molecule has 2 aliphatic rings. The highest BCUT2D eigenvalue weighted by Gasteiger charge is 2.27. The van der Waals surface area contributed by atoms with Gasteiger partial charge in [-0.2, -0.15) is 9.78 Å². The number of methoxy groups -OCH3 is 1. The first-order valence-electron chi connectivity index (χ1n) is 10.9. The molecule has 0 spiro atoms. The zero-order chi connectivity index (χ0) is 23.7. The van der Waals surface area contributed by atoms with Gasteiger partial charge in [0, 0.05) is 31.7 Å². The lowest BCUT2D eigenvalue weighted by atomic mass is 10.1. The molecule has 2 aromatic carbocycles. The fourth-order valence-corrected chi connectivity index (χ4v) is 4.38. The Bertz CT molecular complexity index is 1260. The second-order valence-electron chi connectivity index (χ2n) is 7.88. The lowest BCUT2D eigenvalue weighted by Crippen LogP contribution is -2.49. The van der Waals surface area contributed by atoms with E-state index >= 15 is 0 Å². The smallest absolute Gasteiger partial charge is 0.292 e. The Balaban J connectivity index is 1.31. The Morgan fingerprint density at radius 1 is 1.06 bits per heavy atom. The van der Waals surface area contributed by atoms with Crippen molar-refractivity contribution >= 4 is 23.2 Å². The van der Waals surface area contributed by atoms with Crippen LogP contribution in [0.15, 0.2) is 53.5 Å². The summed E-state index contributed by atoms with van der Waals surface area (Å²) in [5, 5.41) is 4.41. The SMILES string of the molecule is COc1cc(C(=O)N2CCN(c3cnn(-c4ccccc4)c(=O)c3Cl)CC2)cc2c1OCCO2. The molecule has 3 aromatic rings. The molecule has 0 atom stereocenters. The quantitative estimate of drug-likeness (QED) is 0.565. The van der Waals surface area contributed by atoms with E-state index in [-0.39, 0.29) is 16.5 Å². The number of hydrogen-bond acceptors (Lipinski definition) is 7. The first kappa shape index (κ1) is 22.1. The van der Waals surface area contributed by atoms with E-state index in [2.05, 4.69) is 5.10 Å². The van der Waals surface area contributed by atoms with Crippen LogP contribution in [0.1, 0.15) is 10.4 Å². The van der Waals surface area contributed by atoms with Crippen LogP contribution >= 0.6 is 11.6 Å². The Morgan fingerprint density at radius 2 is 1.79 bits per heavy atom. The van der Waals surface area contributed by atoms with Crippen LogP contribution in [0.3, 0.4) is 0 Å². The van der Waals surface area contributed by atoms with Gasteiger partial charge in [-0.1, -0.05) is 29.8 Å². The molecule has 2 aliphatic heterocycles. The topological polar surface area (TPSA) is 86.1 Å². The number of fused-ring (bicyclic) bond motifs is 1. The van der Waals surface area contributed by atoms with Crippen molar-refractivity contribution in [1.82, 2.24) is 14.7 Å². The molecule has 5 rings (SSSR count). The summed E-state index contributed by atoms with van der Waals surface area (Å²) in [4.78, 5) is 29.7. The zero-order valence-electron chi connectivity index (χ0n) is 18.6. The molecule has 1 fully saturated rings. The Labute approximate surface area is 201 Å². The standard InChI is InChI=1S/C24H23ClN4O5/c1-32-19-13-16(14-20-22(19)34-12-11-33-20)23(30)28-9-7-27(8-10-28)18-15-26-29(24(31)21(18)25)17-5-3-2-4-6-17/h2-6,13-15H,7-12H2,1H3. The number of aromatic nitrogens is 2. The average molecular weight is 483 g/mol. The summed E-state index contributed by atoms with van der Waals surface area (Å²) in [6.07, 6.45) is 1.60. The fourth-order valence-electron chi connectivity index (χ4n) is 4.13. The van der Waals surface area contributed by atoms with E-state index in [0.717, 1.165) is 0 Å². The van der Waals surface area contributed by atoms with Gasteiger partial charge in [0.2, 0.25) is 5.75 Å². The summed E-state index contributed by atoms with van der Waals surface area (Å²) in [7, 11) is 1.53. The van der Waals surface area contributed by atoms with Crippen molar-refractivity contribution in [3.63, 3.8) is 0 Å². The lowest BCUT2D eigenvalue weighted by Gasteiger charge is -2.36. The highest BCUT2D eigenvalue weighted by atomic mass is 35.5. The molecule has 1 amide bonds. The van der Waals surface area contributed by atoms with Crippen molar-refractivity contribution < 1.29 is 19.0 Å². The number of ether oxygens (including phenoxy) is 3. The molecular formula is C24H23ClN4O5. The van der Waals surface area contributed by atoms with E-state index in [4.69, 9.17) is 25.8 Å². The third kappa shape index (κ3) is 4.03. The molecule has 34 heavy (non-hydrogen) atoms. The minimum atomic E-state index is -0.382. The molecule has 176 valence electrons.